The van der Waals surface area contributed by atoms with Crippen molar-refractivity contribution in [3.63, 3.8) is 0 Å². The van der Waals surface area contributed by atoms with Gasteiger partial charge < -0.3 is 9.73 Å². The van der Waals surface area contributed by atoms with Crippen LogP contribution in [0.4, 0.5) is 18.9 Å². The lowest BCUT2D eigenvalue weighted by Crippen LogP contribution is -2.14. The first-order chi connectivity index (χ1) is 13.9. The number of aromatic nitrogens is 2. The van der Waals surface area contributed by atoms with Gasteiger partial charge in [-0.1, -0.05) is 18.2 Å². The first-order valence-corrected chi connectivity index (χ1v) is 8.61. The fraction of sp³-hybridized carbons (Fsp3) is 0.0476. The summed E-state index contributed by atoms with van der Waals surface area (Å²) in [5, 5.41) is 6.68. The van der Waals surface area contributed by atoms with Gasteiger partial charge in [0.2, 0.25) is 0 Å². The Labute approximate surface area is 163 Å². The first kappa shape index (κ1) is 18.5. The lowest BCUT2D eigenvalue weighted by molar-refractivity contribution is 0.102. The van der Waals surface area contributed by atoms with Crippen molar-refractivity contribution < 1.29 is 22.4 Å². The second-order valence-corrected chi connectivity index (χ2v) is 6.26. The maximum absolute atomic E-state index is 14.0. The standard InChI is InChI=1S/C21H14F3N3O2/c1-12-7-10-17(29-12)20-14(11-27(26-20)13-5-3-2-4-6-13)21(28)25-16-9-8-15(22)18(23)19(16)24/h2-11H,1H3,(H,25,28). The average molecular weight is 397 g/mol. The Morgan fingerprint density at radius 1 is 1.00 bits per heavy atom. The van der Waals surface area contributed by atoms with Crippen LogP contribution in [-0.4, -0.2) is 15.7 Å². The summed E-state index contributed by atoms with van der Waals surface area (Å²) in [6.45, 7) is 1.74. The summed E-state index contributed by atoms with van der Waals surface area (Å²) < 4.78 is 47.7. The fourth-order valence-electron chi connectivity index (χ4n) is 2.81. The molecule has 1 N–H and O–H groups in total. The van der Waals surface area contributed by atoms with Crippen LogP contribution in [0.3, 0.4) is 0 Å². The zero-order valence-electron chi connectivity index (χ0n) is 15.1. The second kappa shape index (κ2) is 7.31. The van der Waals surface area contributed by atoms with Crippen molar-refractivity contribution in [2.75, 3.05) is 5.32 Å². The molecule has 0 aliphatic rings. The molecule has 0 spiro atoms. The molecule has 0 saturated heterocycles. The van der Waals surface area contributed by atoms with Crippen LogP contribution in [0.25, 0.3) is 17.1 Å². The molecule has 0 saturated carbocycles. The maximum Gasteiger partial charge on any atom is 0.259 e. The van der Waals surface area contributed by atoms with Gasteiger partial charge in [0.05, 0.1) is 16.9 Å². The summed E-state index contributed by atoms with van der Waals surface area (Å²) in [7, 11) is 0. The largest absolute Gasteiger partial charge is 0.460 e. The molecule has 0 fully saturated rings. The summed E-state index contributed by atoms with van der Waals surface area (Å²) in [4.78, 5) is 12.8. The van der Waals surface area contributed by atoms with Crippen molar-refractivity contribution in [2.24, 2.45) is 0 Å². The van der Waals surface area contributed by atoms with Gasteiger partial charge in [-0.15, -0.1) is 0 Å². The molecule has 8 heteroatoms. The summed E-state index contributed by atoms with van der Waals surface area (Å²) in [6, 6.07) is 14.1. The molecule has 0 bridgehead atoms. The number of nitrogens with one attached hydrogen (secondary N) is 1. The minimum Gasteiger partial charge on any atom is -0.460 e. The van der Waals surface area contributed by atoms with Crippen LogP contribution >= 0.6 is 0 Å². The molecule has 2 aromatic heterocycles. The third kappa shape index (κ3) is 3.52. The molecular weight excluding hydrogens is 383 g/mol. The first-order valence-electron chi connectivity index (χ1n) is 8.61. The predicted octanol–water partition coefficient (Wildman–Crippen LogP) is 5.11. The Balaban J connectivity index is 1.76. The number of halogens is 3. The molecule has 146 valence electrons. The monoisotopic (exact) mass is 397 g/mol. The number of aryl methyl sites for hydroxylation is 1. The van der Waals surface area contributed by atoms with E-state index in [9.17, 15) is 18.0 Å². The predicted molar refractivity (Wildman–Crippen MR) is 100 cm³/mol. The van der Waals surface area contributed by atoms with Crippen molar-refractivity contribution in [1.29, 1.82) is 0 Å². The molecule has 4 aromatic rings. The number of hydrogen-bond acceptors (Lipinski definition) is 3. The number of para-hydroxylation sites is 1. The average Bonchev–Trinajstić information content (AvgIpc) is 3.35. The van der Waals surface area contributed by atoms with E-state index in [4.69, 9.17) is 4.42 Å². The normalized spacial score (nSPS) is 10.9. The number of rotatable bonds is 4. The van der Waals surface area contributed by atoms with E-state index in [1.54, 1.807) is 31.2 Å². The number of amides is 1. The Kier molecular flexibility index (Phi) is 4.67. The van der Waals surface area contributed by atoms with Crippen molar-refractivity contribution in [3.8, 4) is 17.1 Å². The van der Waals surface area contributed by atoms with Crippen LogP contribution in [0, 0.1) is 24.4 Å². The molecule has 5 nitrogen and oxygen atoms in total. The minimum absolute atomic E-state index is 0.0762. The topological polar surface area (TPSA) is 60.1 Å². The van der Waals surface area contributed by atoms with Crippen LogP contribution < -0.4 is 5.32 Å². The molecule has 0 unspecified atom stereocenters. The van der Waals surface area contributed by atoms with Crippen LogP contribution in [0.1, 0.15) is 16.1 Å². The lowest BCUT2D eigenvalue weighted by Gasteiger charge is -2.07. The SMILES string of the molecule is Cc1ccc(-c2nn(-c3ccccc3)cc2C(=O)Nc2ccc(F)c(F)c2F)o1. The van der Waals surface area contributed by atoms with Gasteiger partial charge in [0.1, 0.15) is 11.5 Å². The summed E-state index contributed by atoms with van der Waals surface area (Å²) in [6.07, 6.45) is 1.45. The van der Waals surface area contributed by atoms with Crippen molar-refractivity contribution in [1.82, 2.24) is 9.78 Å². The van der Waals surface area contributed by atoms with Crippen molar-refractivity contribution >= 4 is 11.6 Å². The smallest absolute Gasteiger partial charge is 0.259 e. The zero-order chi connectivity index (χ0) is 20.5. The second-order valence-electron chi connectivity index (χ2n) is 6.26. The van der Waals surface area contributed by atoms with Crippen LogP contribution in [0.5, 0.6) is 0 Å². The molecule has 0 aliphatic heterocycles. The molecule has 0 aliphatic carbocycles. The molecule has 2 heterocycles. The Bertz CT molecular complexity index is 1200. The van der Waals surface area contributed by atoms with Gasteiger partial charge in [0.25, 0.3) is 5.91 Å². The summed E-state index contributed by atoms with van der Waals surface area (Å²) in [5.41, 5.74) is 0.507. The highest BCUT2D eigenvalue weighted by Gasteiger charge is 2.23. The van der Waals surface area contributed by atoms with Gasteiger partial charge in [-0.25, -0.2) is 17.9 Å². The highest BCUT2D eigenvalue weighted by molar-refractivity contribution is 6.07. The van der Waals surface area contributed by atoms with Gasteiger partial charge in [-0.2, -0.15) is 5.10 Å². The van der Waals surface area contributed by atoms with E-state index < -0.39 is 29.0 Å². The number of furan rings is 1. The summed E-state index contributed by atoms with van der Waals surface area (Å²) in [5.74, 6) is -4.28. The quantitative estimate of drug-likeness (QED) is 0.487. The maximum atomic E-state index is 14.0. The van der Waals surface area contributed by atoms with Gasteiger partial charge in [0, 0.05) is 6.20 Å². The molecule has 0 radical (unpaired) electrons. The highest BCUT2D eigenvalue weighted by atomic mass is 19.2. The number of benzene rings is 2. The van der Waals surface area contributed by atoms with Gasteiger partial charge >= 0.3 is 0 Å². The van der Waals surface area contributed by atoms with Crippen molar-refractivity contribution in [2.45, 2.75) is 6.92 Å². The van der Waals surface area contributed by atoms with E-state index in [1.807, 2.05) is 18.2 Å². The number of hydrogen-bond donors (Lipinski definition) is 1. The van der Waals surface area contributed by atoms with E-state index in [2.05, 4.69) is 10.4 Å². The number of carbonyl (C=O) groups excluding carboxylic acids is 1. The summed E-state index contributed by atoms with van der Waals surface area (Å²) >= 11 is 0. The number of nitrogens with zero attached hydrogens (tertiary/aromatic N) is 2. The van der Waals surface area contributed by atoms with Gasteiger partial charge in [-0.3, -0.25) is 4.79 Å². The molecule has 0 atom stereocenters. The van der Waals surface area contributed by atoms with E-state index >= 15 is 0 Å². The molecule has 4 rings (SSSR count). The van der Waals surface area contributed by atoms with E-state index in [-0.39, 0.29) is 11.3 Å². The molecule has 1 amide bonds. The molecule has 29 heavy (non-hydrogen) atoms. The fourth-order valence-corrected chi connectivity index (χ4v) is 2.81. The Morgan fingerprint density at radius 2 is 1.76 bits per heavy atom. The van der Waals surface area contributed by atoms with E-state index in [1.165, 1.54) is 10.9 Å². The van der Waals surface area contributed by atoms with Crippen LogP contribution in [0.2, 0.25) is 0 Å². The minimum atomic E-state index is -1.66. The van der Waals surface area contributed by atoms with Crippen LogP contribution in [0.15, 0.2) is 65.2 Å². The number of carbonyl (C=O) groups is 1. The lowest BCUT2D eigenvalue weighted by atomic mass is 10.2. The highest BCUT2D eigenvalue weighted by Crippen LogP contribution is 2.27. The van der Waals surface area contributed by atoms with Crippen LogP contribution in [-0.2, 0) is 0 Å². The zero-order valence-corrected chi connectivity index (χ0v) is 15.1. The number of anilines is 1. The third-order valence-electron chi connectivity index (χ3n) is 4.24. The third-order valence-corrected chi connectivity index (χ3v) is 4.24. The van der Waals surface area contributed by atoms with Gasteiger partial charge in [0.15, 0.2) is 23.2 Å². The van der Waals surface area contributed by atoms with Crippen molar-refractivity contribution in [3.05, 3.63) is 89.6 Å². The van der Waals surface area contributed by atoms with E-state index in [0.29, 0.717) is 17.2 Å². The van der Waals surface area contributed by atoms with E-state index in [0.717, 1.165) is 12.1 Å². The molecule has 2 aromatic carbocycles. The van der Waals surface area contributed by atoms with Gasteiger partial charge in [-0.05, 0) is 43.3 Å². The Morgan fingerprint density at radius 3 is 2.45 bits per heavy atom. The molecular formula is C21H14F3N3O2. The Hall–Kier alpha value is -3.81.